The minimum Gasteiger partial charge on any atom is -0.462 e. The molecule has 0 aromatic rings. The molecule has 0 aromatic carbocycles. The molecule has 3 N–H and O–H groups in total. The Morgan fingerprint density at radius 1 is 0.363 bits per heavy atom. The number of phosphoric ester groups is 2. The van der Waals surface area contributed by atoms with Gasteiger partial charge in [0.1, 0.15) is 19.3 Å². The highest BCUT2D eigenvalue weighted by atomic mass is 31.2. The summed E-state index contributed by atoms with van der Waals surface area (Å²) >= 11 is 0. The van der Waals surface area contributed by atoms with Gasteiger partial charge in [0.2, 0.25) is 0 Å². The van der Waals surface area contributed by atoms with Gasteiger partial charge in [0, 0.05) is 25.7 Å². The Morgan fingerprint density at radius 2 is 0.648 bits per heavy atom. The number of hydrogen-bond donors (Lipinski definition) is 3. The summed E-state index contributed by atoms with van der Waals surface area (Å²) in [6, 6.07) is 0. The zero-order valence-electron chi connectivity index (χ0n) is 58.8. The van der Waals surface area contributed by atoms with Crippen LogP contribution in [0.15, 0.2) is 24.3 Å². The highest BCUT2D eigenvalue weighted by Crippen LogP contribution is 2.45. The van der Waals surface area contributed by atoms with Crippen LogP contribution in [0.5, 0.6) is 0 Å². The van der Waals surface area contributed by atoms with Crippen LogP contribution in [0.2, 0.25) is 0 Å². The number of rotatable bonds is 68. The maximum atomic E-state index is 13.0. The number of aliphatic hydroxyl groups excluding tert-OH is 1. The Labute approximate surface area is 554 Å². The van der Waals surface area contributed by atoms with Crippen molar-refractivity contribution in [2.45, 2.75) is 356 Å². The van der Waals surface area contributed by atoms with E-state index in [1.165, 1.54) is 122 Å². The molecule has 0 bridgehead atoms. The predicted octanol–water partition coefficient (Wildman–Crippen LogP) is 20.2. The average molecular weight is 1340 g/mol. The van der Waals surface area contributed by atoms with Crippen LogP contribution < -0.4 is 0 Å². The first-order valence-electron chi connectivity index (χ1n) is 36.7. The van der Waals surface area contributed by atoms with E-state index in [4.69, 9.17) is 37.0 Å². The van der Waals surface area contributed by atoms with Gasteiger partial charge in [-0.2, -0.15) is 0 Å². The van der Waals surface area contributed by atoms with Crippen molar-refractivity contribution in [2.75, 3.05) is 39.6 Å². The molecule has 0 saturated carbocycles. The van der Waals surface area contributed by atoms with Crippen LogP contribution in [0.3, 0.4) is 0 Å². The third-order valence-electron chi connectivity index (χ3n) is 16.7. The van der Waals surface area contributed by atoms with E-state index in [1.54, 1.807) is 0 Å². The summed E-state index contributed by atoms with van der Waals surface area (Å²) in [7, 11) is -9.92. The molecule has 0 radical (unpaired) electrons. The molecule has 0 aliphatic carbocycles. The highest BCUT2D eigenvalue weighted by molar-refractivity contribution is 7.47. The molecule has 0 amide bonds. The van der Waals surface area contributed by atoms with Crippen LogP contribution in [0.1, 0.15) is 337 Å². The Kier molecular flexibility index (Phi) is 60.7. The molecule has 0 fully saturated rings. The predicted molar refractivity (Wildman–Crippen MR) is 367 cm³/mol. The smallest absolute Gasteiger partial charge is 0.462 e. The number of phosphoric acid groups is 2. The molecule has 536 valence electrons. The lowest BCUT2D eigenvalue weighted by Gasteiger charge is -2.21. The van der Waals surface area contributed by atoms with Crippen molar-refractivity contribution < 1.29 is 80.2 Å². The Morgan fingerprint density at radius 3 is 0.978 bits per heavy atom. The van der Waals surface area contributed by atoms with Gasteiger partial charge >= 0.3 is 39.5 Å². The first-order chi connectivity index (χ1) is 43.8. The third-order valence-corrected chi connectivity index (χ3v) is 18.6. The molecule has 0 rings (SSSR count). The second kappa shape index (κ2) is 62.4. The standard InChI is InChI=1S/C72H136O17P2/c1-8-11-12-13-14-15-16-17-18-21-24-27-30-41-48-55-71(76)88-67(59-82-69(74)53-46-39-34-32-37-44-51-64(6)9-2)61-86-90(78,79)84-57-66(73)58-85-91(80,81)87-62-68(60-83-70(75)54-47-40-35-33-38-45-52-65(7)10-3)89-72(77)56-49-42-31-28-25-22-19-20-23-26-29-36-43-50-63(4)5/h15-18,63-68,73H,8-14,19-62H2,1-7H3,(H,78,79)(H,80,81)/b16-15-,18-17-/t64?,65?,66-,67+,68+/m0/s1. The lowest BCUT2D eigenvalue weighted by atomic mass is 10.00. The van der Waals surface area contributed by atoms with E-state index in [0.29, 0.717) is 25.7 Å². The largest absolute Gasteiger partial charge is 0.472 e. The van der Waals surface area contributed by atoms with Crippen LogP contribution in [0.4, 0.5) is 0 Å². The maximum Gasteiger partial charge on any atom is 0.472 e. The van der Waals surface area contributed by atoms with Crippen molar-refractivity contribution in [1.82, 2.24) is 0 Å². The van der Waals surface area contributed by atoms with Crippen molar-refractivity contribution in [3.63, 3.8) is 0 Å². The Hall–Kier alpha value is -2.46. The summed E-state index contributed by atoms with van der Waals surface area (Å²) in [6.45, 7) is 11.7. The van der Waals surface area contributed by atoms with Crippen molar-refractivity contribution >= 4 is 39.5 Å². The second-order valence-corrected chi connectivity index (χ2v) is 29.2. The molecule has 0 saturated heterocycles. The van der Waals surface area contributed by atoms with Gasteiger partial charge in [-0.25, -0.2) is 9.13 Å². The van der Waals surface area contributed by atoms with Crippen molar-refractivity contribution in [3.8, 4) is 0 Å². The van der Waals surface area contributed by atoms with E-state index >= 15 is 0 Å². The van der Waals surface area contributed by atoms with Crippen LogP contribution in [-0.4, -0.2) is 96.7 Å². The van der Waals surface area contributed by atoms with Gasteiger partial charge in [0.15, 0.2) is 12.2 Å². The van der Waals surface area contributed by atoms with Crippen LogP contribution in [-0.2, 0) is 65.4 Å². The molecule has 0 aromatic heterocycles. The zero-order chi connectivity index (χ0) is 67.3. The van der Waals surface area contributed by atoms with Crippen LogP contribution in [0.25, 0.3) is 0 Å². The number of carbonyl (C=O) groups excluding carboxylic acids is 4. The summed E-state index contributed by atoms with van der Waals surface area (Å²) in [5, 5.41) is 10.6. The normalized spacial score (nSPS) is 14.9. The first-order valence-corrected chi connectivity index (χ1v) is 39.7. The Balaban J connectivity index is 5.28. The fourth-order valence-corrected chi connectivity index (χ4v) is 11.9. The molecule has 17 nitrogen and oxygen atoms in total. The van der Waals surface area contributed by atoms with E-state index in [0.717, 1.165) is 133 Å². The van der Waals surface area contributed by atoms with Crippen molar-refractivity contribution in [2.24, 2.45) is 17.8 Å². The number of esters is 4. The molecule has 4 unspecified atom stereocenters. The van der Waals surface area contributed by atoms with E-state index in [9.17, 15) is 43.2 Å². The maximum absolute atomic E-state index is 13.0. The molecule has 0 aliphatic rings. The van der Waals surface area contributed by atoms with Gasteiger partial charge in [-0.15, -0.1) is 0 Å². The summed E-state index contributed by atoms with van der Waals surface area (Å²) in [5.41, 5.74) is 0. The molecule has 7 atom stereocenters. The fourth-order valence-electron chi connectivity index (χ4n) is 10.3. The molecule has 0 spiro atoms. The second-order valence-electron chi connectivity index (χ2n) is 26.3. The minimum absolute atomic E-state index is 0.0836. The van der Waals surface area contributed by atoms with Gasteiger partial charge in [-0.1, -0.05) is 285 Å². The first kappa shape index (κ1) is 88.5. The summed E-state index contributed by atoms with van der Waals surface area (Å²) in [4.78, 5) is 72.6. The quantitative estimate of drug-likeness (QED) is 0.0169. The lowest BCUT2D eigenvalue weighted by molar-refractivity contribution is -0.161. The van der Waals surface area contributed by atoms with E-state index in [-0.39, 0.29) is 25.7 Å². The van der Waals surface area contributed by atoms with Crippen LogP contribution >= 0.6 is 15.6 Å². The summed E-state index contributed by atoms with van der Waals surface area (Å²) < 4.78 is 68.3. The molecule has 0 aliphatic heterocycles. The topological polar surface area (TPSA) is 237 Å². The Bertz CT molecular complexity index is 1880. The summed E-state index contributed by atoms with van der Waals surface area (Å²) in [6.07, 6.45) is 49.4. The molecular weight excluding hydrogens is 1200 g/mol. The third kappa shape index (κ3) is 63.4. The minimum atomic E-state index is -4.96. The number of ether oxygens (including phenoxy) is 4. The molecule has 0 heterocycles. The van der Waals surface area contributed by atoms with E-state index in [2.05, 4.69) is 72.8 Å². The van der Waals surface area contributed by atoms with Gasteiger partial charge in [-0.3, -0.25) is 37.3 Å². The van der Waals surface area contributed by atoms with Gasteiger partial charge in [-0.05, 0) is 69.1 Å². The number of carbonyl (C=O) groups is 4. The van der Waals surface area contributed by atoms with Gasteiger partial charge in [0.25, 0.3) is 0 Å². The number of unbranched alkanes of at least 4 members (excludes halogenated alkanes) is 31. The van der Waals surface area contributed by atoms with E-state index in [1.807, 2.05) is 0 Å². The summed E-state index contributed by atoms with van der Waals surface area (Å²) in [5.74, 6) is 0.0849. The fraction of sp³-hybridized carbons (Fsp3) is 0.889. The number of allylic oxidation sites excluding steroid dienone is 4. The lowest BCUT2D eigenvalue weighted by Crippen LogP contribution is -2.30. The molecule has 91 heavy (non-hydrogen) atoms. The van der Waals surface area contributed by atoms with Gasteiger partial charge in [0.05, 0.1) is 26.4 Å². The van der Waals surface area contributed by atoms with Crippen molar-refractivity contribution in [3.05, 3.63) is 24.3 Å². The monoisotopic (exact) mass is 1330 g/mol. The van der Waals surface area contributed by atoms with Crippen molar-refractivity contribution in [1.29, 1.82) is 0 Å². The van der Waals surface area contributed by atoms with E-state index < -0.39 is 97.5 Å². The van der Waals surface area contributed by atoms with Gasteiger partial charge < -0.3 is 33.8 Å². The van der Waals surface area contributed by atoms with Crippen LogP contribution in [0, 0.1) is 17.8 Å². The molecular formula is C72H136O17P2. The average Bonchev–Trinajstić information content (AvgIpc) is 3.68. The molecule has 19 heteroatoms. The number of hydrogen-bond acceptors (Lipinski definition) is 15. The highest BCUT2D eigenvalue weighted by Gasteiger charge is 2.30. The SMILES string of the molecule is CCCCCC/C=C\C=C/CCCCCCCC(=O)O[C@H](COC(=O)CCCCCCCCC(C)CC)COP(=O)(O)OC[C@H](O)COP(=O)(O)OC[C@@H](COC(=O)CCCCCCCCC(C)CC)OC(=O)CCCCCCCCCCCCCCCC(C)C. The zero-order valence-corrected chi connectivity index (χ0v) is 60.6. The number of aliphatic hydroxyl groups is 1.